The van der Waals surface area contributed by atoms with Crippen LogP contribution in [0.15, 0.2) is 24.3 Å². The Morgan fingerprint density at radius 1 is 1.24 bits per heavy atom. The maximum absolute atomic E-state index is 11.8. The number of ether oxygens (including phenoxy) is 1. The zero-order valence-electron chi connectivity index (χ0n) is 13.2. The second-order valence-corrected chi connectivity index (χ2v) is 5.89. The molecular weight excluding hydrogens is 268 g/mol. The summed E-state index contributed by atoms with van der Waals surface area (Å²) < 4.78 is 5.09. The van der Waals surface area contributed by atoms with Crippen LogP contribution in [0.4, 0.5) is 5.69 Å². The third-order valence-corrected chi connectivity index (χ3v) is 2.90. The van der Waals surface area contributed by atoms with E-state index >= 15 is 0 Å². The van der Waals surface area contributed by atoms with Crippen LogP contribution in [0.3, 0.4) is 0 Å². The summed E-state index contributed by atoms with van der Waals surface area (Å²) in [5, 5.41) is 5.62. The summed E-state index contributed by atoms with van der Waals surface area (Å²) in [7, 11) is 1.58. The molecule has 0 fully saturated rings. The normalized spacial score (nSPS) is 10.9. The fraction of sp³-hybridized carbons (Fsp3) is 0.500. The molecule has 0 spiro atoms. The fourth-order valence-corrected chi connectivity index (χ4v) is 1.64. The fourth-order valence-electron chi connectivity index (χ4n) is 1.64. The predicted molar refractivity (Wildman–Crippen MR) is 83.3 cm³/mol. The van der Waals surface area contributed by atoms with Crippen molar-refractivity contribution in [2.24, 2.45) is 5.41 Å². The third kappa shape index (κ3) is 6.29. The SMILES string of the molecule is COc1cccc(NC(=O)CCCNC(=O)C(C)(C)C)c1. The molecule has 0 unspecified atom stereocenters. The number of benzene rings is 1. The van der Waals surface area contributed by atoms with Gasteiger partial charge in [0.2, 0.25) is 11.8 Å². The van der Waals surface area contributed by atoms with E-state index in [1.54, 1.807) is 13.2 Å². The Labute approximate surface area is 126 Å². The van der Waals surface area contributed by atoms with Gasteiger partial charge in [0, 0.05) is 30.1 Å². The van der Waals surface area contributed by atoms with Gasteiger partial charge in [-0.25, -0.2) is 0 Å². The molecule has 0 aliphatic rings. The van der Waals surface area contributed by atoms with Crippen LogP contribution in [0.1, 0.15) is 33.6 Å². The highest BCUT2D eigenvalue weighted by molar-refractivity contribution is 5.90. The van der Waals surface area contributed by atoms with E-state index in [4.69, 9.17) is 4.74 Å². The molecule has 116 valence electrons. The minimum absolute atomic E-state index is 0.00398. The highest BCUT2D eigenvalue weighted by Crippen LogP contribution is 2.17. The number of methoxy groups -OCH3 is 1. The van der Waals surface area contributed by atoms with Crippen LogP contribution in [0.5, 0.6) is 5.75 Å². The molecule has 0 atom stereocenters. The van der Waals surface area contributed by atoms with Gasteiger partial charge in [-0.3, -0.25) is 9.59 Å². The first-order chi connectivity index (χ1) is 9.82. The Morgan fingerprint density at radius 3 is 2.57 bits per heavy atom. The molecule has 0 aliphatic heterocycles. The molecule has 0 bridgehead atoms. The van der Waals surface area contributed by atoms with Crippen LogP contribution in [0.25, 0.3) is 0 Å². The van der Waals surface area contributed by atoms with Gasteiger partial charge in [0.25, 0.3) is 0 Å². The van der Waals surface area contributed by atoms with E-state index in [0.29, 0.717) is 30.8 Å². The van der Waals surface area contributed by atoms with Gasteiger partial charge in [0.1, 0.15) is 5.75 Å². The Balaban J connectivity index is 2.30. The Morgan fingerprint density at radius 2 is 1.95 bits per heavy atom. The molecule has 0 heterocycles. The number of hydrogen-bond donors (Lipinski definition) is 2. The van der Waals surface area contributed by atoms with E-state index in [9.17, 15) is 9.59 Å². The van der Waals surface area contributed by atoms with Crippen LogP contribution in [-0.4, -0.2) is 25.5 Å². The van der Waals surface area contributed by atoms with Gasteiger partial charge in [-0.2, -0.15) is 0 Å². The highest BCUT2D eigenvalue weighted by Gasteiger charge is 2.20. The lowest BCUT2D eigenvalue weighted by Gasteiger charge is -2.17. The van der Waals surface area contributed by atoms with Crippen molar-refractivity contribution in [3.05, 3.63) is 24.3 Å². The lowest BCUT2D eigenvalue weighted by molar-refractivity contribution is -0.128. The van der Waals surface area contributed by atoms with Crippen molar-refractivity contribution >= 4 is 17.5 Å². The second-order valence-electron chi connectivity index (χ2n) is 5.89. The number of hydrogen-bond acceptors (Lipinski definition) is 3. The molecule has 0 aliphatic carbocycles. The minimum atomic E-state index is -0.400. The average Bonchev–Trinajstić information content (AvgIpc) is 2.42. The second kappa shape index (κ2) is 7.67. The van der Waals surface area contributed by atoms with Crippen LogP contribution in [0.2, 0.25) is 0 Å². The highest BCUT2D eigenvalue weighted by atomic mass is 16.5. The van der Waals surface area contributed by atoms with Crippen molar-refractivity contribution in [3.63, 3.8) is 0 Å². The summed E-state index contributed by atoms with van der Waals surface area (Å²) in [6.45, 7) is 6.08. The number of anilines is 1. The Bertz CT molecular complexity index is 493. The molecule has 0 saturated heterocycles. The van der Waals surface area contributed by atoms with E-state index < -0.39 is 5.41 Å². The number of carbonyl (C=O) groups excluding carboxylic acids is 2. The largest absolute Gasteiger partial charge is 0.497 e. The van der Waals surface area contributed by atoms with Crippen LogP contribution < -0.4 is 15.4 Å². The van der Waals surface area contributed by atoms with E-state index in [1.165, 1.54) is 0 Å². The van der Waals surface area contributed by atoms with E-state index in [2.05, 4.69) is 10.6 Å². The number of carbonyl (C=O) groups is 2. The predicted octanol–water partition coefficient (Wildman–Crippen LogP) is 2.58. The van der Waals surface area contributed by atoms with Gasteiger partial charge in [-0.1, -0.05) is 26.8 Å². The smallest absolute Gasteiger partial charge is 0.225 e. The molecule has 0 saturated carbocycles. The number of rotatable bonds is 6. The Kier molecular flexibility index (Phi) is 6.21. The summed E-state index contributed by atoms with van der Waals surface area (Å²) in [6.07, 6.45) is 0.971. The average molecular weight is 292 g/mol. The molecule has 2 N–H and O–H groups in total. The molecule has 1 rings (SSSR count). The first-order valence-corrected chi connectivity index (χ1v) is 7.05. The summed E-state index contributed by atoms with van der Waals surface area (Å²) >= 11 is 0. The molecule has 2 amide bonds. The van der Waals surface area contributed by atoms with E-state index in [1.807, 2.05) is 39.0 Å². The summed E-state index contributed by atoms with van der Waals surface area (Å²) in [4.78, 5) is 23.4. The molecule has 0 radical (unpaired) electrons. The first-order valence-electron chi connectivity index (χ1n) is 7.05. The lowest BCUT2D eigenvalue weighted by atomic mass is 9.96. The van der Waals surface area contributed by atoms with Gasteiger partial charge in [0.05, 0.1) is 7.11 Å². The van der Waals surface area contributed by atoms with E-state index in [0.717, 1.165) is 0 Å². The maximum Gasteiger partial charge on any atom is 0.225 e. The van der Waals surface area contributed by atoms with E-state index in [-0.39, 0.29) is 11.8 Å². The van der Waals surface area contributed by atoms with Crippen molar-refractivity contribution in [1.29, 1.82) is 0 Å². The zero-order chi connectivity index (χ0) is 15.9. The molecule has 21 heavy (non-hydrogen) atoms. The van der Waals surface area contributed by atoms with Gasteiger partial charge in [-0.15, -0.1) is 0 Å². The zero-order valence-corrected chi connectivity index (χ0v) is 13.2. The van der Waals surface area contributed by atoms with Gasteiger partial charge in [-0.05, 0) is 18.6 Å². The van der Waals surface area contributed by atoms with Crippen LogP contribution >= 0.6 is 0 Å². The summed E-state index contributed by atoms with van der Waals surface area (Å²) in [5.41, 5.74) is 0.307. The third-order valence-electron chi connectivity index (χ3n) is 2.90. The summed E-state index contributed by atoms with van der Waals surface area (Å²) in [5.74, 6) is 0.620. The Hall–Kier alpha value is -2.04. The lowest BCUT2D eigenvalue weighted by Crippen LogP contribution is -2.35. The maximum atomic E-state index is 11.8. The van der Waals surface area contributed by atoms with Crippen molar-refractivity contribution in [1.82, 2.24) is 5.32 Å². The van der Waals surface area contributed by atoms with Gasteiger partial charge in [0.15, 0.2) is 0 Å². The topological polar surface area (TPSA) is 67.4 Å². The molecule has 0 aromatic heterocycles. The first kappa shape index (κ1) is 17.0. The summed E-state index contributed by atoms with van der Waals surface area (Å²) in [6, 6.07) is 7.21. The van der Waals surface area contributed by atoms with Crippen molar-refractivity contribution < 1.29 is 14.3 Å². The van der Waals surface area contributed by atoms with Gasteiger partial charge < -0.3 is 15.4 Å². The van der Waals surface area contributed by atoms with Crippen molar-refractivity contribution in [2.75, 3.05) is 19.0 Å². The molecule has 5 nitrogen and oxygen atoms in total. The van der Waals surface area contributed by atoms with Crippen LogP contribution in [0, 0.1) is 5.41 Å². The quantitative estimate of drug-likeness (QED) is 0.792. The van der Waals surface area contributed by atoms with Crippen LogP contribution in [-0.2, 0) is 9.59 Å². The standard InChI is InChI=1S/C16H24N2O3/c1-16(2,3)15(20)17-10-6-9-14(19)18-12-7-5-8-13(11-12)21-4/h5,7-8,11H,6,9-10H2,1-4H3,(H,17,20)(H,18,19). The van der Waals surface area contributed by atoms with Gasteiger partial charge >= 0.3 is 0 Å². The molecule has 5 heteroatoms. The molecule has 1 aromatic rings. The minimum Gasteiger partial charge on any atom is -0.497 e. The molecular formula is C16H24N2O3. The molecule has 1 aromatic carbocycles. The monoisotopic (exact) mass is 292 g/mol. The van der Waals surface area contributed by atoms with Crippen molar-refractivity contribution in [2.45, 2.75) is 33.6 Å². The van der Waals surface area contributed by atoms with Crippen molar-refractivity contribution in [3.8, 4) is 5.75 Å². The number of nitrogens with one attached hydrogen (secondary N) is 2. The number of amides is 2.